The third-order valence-corrected chi connectivity index (χ3v) is 3.46. The number of anilines is 2. The molecule has 7 nitrogen and oxygen atoms in total. The second kappa shape index (κ2) is 5.53. The van der Waals surface area contributed by atoms with E-state index in [1.807, 2.05) is 0 Å². The van der Waals surface area contributed by atoms with Crippen molar-refractivity contribution in [2.45, 2.75) is 19.0 Å². The van der Waals surface area contributed by atoms with Crippen molar-refractivity contribution in [3.63, 3.8) is 0 Å². The van der Waals surface area contributed by atoms with E-state index in [0.29, 0.717) is 11.4 Å². The molecule has 0 aliphatic carbocycles. The third kappa shape index (κ3) is 2.59. The predicted molar refractivity (Wildman–Crippen MR) is 78.8 cm³/mol. The number of fused-ring (bicyclic) bond motifs is 1. The van der Waals surface area contributed by atoms with Gasteiger partial charge in [0.15, 0.2) is 6.04 Å². The van der Waals surface area contributed by atoms with E-state index in [9.17, 15) is 14.4 Å². The van der Waals surface area contributed by atoms with Gasteiger partial charge in [-0.3, -0.25) is 14.4 Å². The molecule has 1 aromatic carbocycles. The highest BCUT2D eigenvalue weighted by molar-refractivity contribution is 6.21. The van der Waals surface area contributed by atoms with Crippen LogP contribution in [0, 0.1) is 0 Å². The van der Waals surface area contributed by atoms with Gasteiger partial charge in [0.2, 0.25) is 5.91 Å². The summed E-state index contributed by atoms with van der Waals surface area (Å²) in [6.07, 6.45) is 0. The number of para-hydroxylation sites is 2. The minimum Gasteiger partial charge on any atom is -0.335 e. The Balaban J connectivity index is 2.42. The molecule has 112 valence electrons. The highest BCUT2D eigenvalue weighted by Crippen LogP contribution is 2.31. The van der Waals surface area contributed by atoms with Gasteiger partial charge in [0, 0.05) is 14.1 Å². The van der Waals surface area contributed by atoms with Gasteiger partial charge in [-0.1, -0.05) is 12.1 Å². The summed E-state index contributed by atoms with van der Waals surface area (Å²) in [5.74, 6) is -1.54. The molecule has 3 amide bonds. The summed E-state index contributed by atoms with van der Waals surface area (Å²) in [5.41, 5.74) is 6.69. The van der Waals surface area contributed by atoms with Crippen LogP contribution in [0.1, 0.15) is 6.92 Å². The van der Waals surface area contributed by atoms with Gasteiger partial charge in [-0.15, -0.1) is 0 Å². The molecule has 1 aromatic rings. The lowest BCUT2D eigenvalue weighted by atomic mass is 10.2. The lowest BCUT2D eigenvalue weighted by Crippen LogP contribution is -2.56. The van der Waals surface area contributed by atoms with Crippen molar-refractivity contribution in [2.75, 3.05) is 23.9 Å². The van der Waals surface area contributed by atoms with Gasteiger partial charge in [-0.05, 0) is 19.1 Å². The lowest BCUT2D eigenvalue weighted by Gasteiger charge is -2.21. The molecule has 0 radical (unpaired) electrons. The van der Waals surface area contributed by atoms with Crippen molar-refractivity contribution in [3.05, 3.63) is 24.3 Å². The number of nitrogens with two attached hydrogens (primary N) is 1. The summed E-state index contributed by atoms with van der Waals surface area (Å²) in [6.45, 7) is 1.49. The van der Waals surface area contributed by atoms with E-state index in [1.54, 1.807) is 38.4 Å². The van der Waals surface area contributed by atoms with Crippen LogP contribution >= 0.6 is 0 Å². The number of hydrogen-bond donors (Lipinski definition) is 2. The van der Waals surface area contributed by atoms with Crippen LogP contribution in [0.25, 0.3) is 0 Å². The maximum absolute atomic E-state index is 12.4. The van der Waals surface area contributed by atoms with Crippen molar-refractivity contribution >= 4 is 29.1 Å². The zero-order valence-electron chi connectivity index (χ0n) is 12.2. The first-order valence-corrected chi connectivity index (χ1v) is 6.54. The molecule has 0 fully saturated rings. The molecule has 0 aromatic heterocycles. The van der Waals surface area contributed by atoms with Crippen molar-refractivity contribution in [2.24, 2.45) is 5.73 Å². The SMILES string of the molecule is C[C@H](N)C(=O)NC1C(=O)N(C)c2ccccc2N(C)C1=O. The van der Waals surface area contributed by atoms with E-state index < -0.39 is 29.8 Å². The molecule has 21 heavy (non-hydrogen) atoms. The van der Waals surface area contributed by atoms with Crippen LogP contribution in [0.5, 0.6) is 0 Å². The van der Waals surface area contributed by atoms with Crippen molar-refractivity contribution in [1.29, 1.82) is 0 Å². The maximum atomic E-state index is 12.4. The fourth-order valence-corrected chi connectivity index (χ4v) is 2.16. The third-order valence-electron chi connectivity index (χ3n) is 3.46. The minimum absolute atomic E-state index is 0.495. The van der Waals surface area contributed by atoms with Crippen molar-refractivity contribution in [1.82, 2.24) is 5.32 Å². The number of amides is 3. The Morgan fingerprint density at radius 1 is 1.14 bits per heavy atom. The van der Waals surface area contributed by atoms with Gasteiger partial charge in [-0.25, -0.2) is 0 Å². The molecule has 0 saturated carbocycles. The van der Waals surface area contributed by atoms with E-state index in [4.69, 9.17) is 5.73 Å². The topological polar surface area (TPSA) is 95.7 Å². The average Bonchev–Trinajstić information content (AvgIpc) is 2.54. The van der Waals surface area contributed by atoms with Crippen LogP contribution in [0.4, 0.5) is 11.4 Å². The van der Waals surface area contributed by atoms with Crippen LogP contribution in [0.3, 0.4) is 0 Å². The smallest absolute Gasteiger partial charge is 0.259 e. The highest BCUT2D eigenvalue weighted by atomic mass is 16.2. The predicted octanol–water partition coefficient (Wildman–Crippen LogP) is -0.542. The number of carbonyl (C=O) groups excluding carboxylic acids is 3. The van der Waals surface area contributed by atoms with Gasteiger partial charge in [-0.2, -0.15) is 0 Å². The molecule has 2 rings (SSSR count). The van der Waals surface area contributed by atoms with Crippen LogP contribution in [-0.2, 0) is 14.4 Å². The first-order chi connectivity index (χ1) is 9.84. The highest BCUT2D eigenvalue weighted by Gasteiger charge is 2.38. The van der Waals surface area contributed by atoms with Gasteiger partial charge < -0.3 is 20.9 Å². The van der Waals surface area contributed by atoms with E-state index in [1.165, 1.54) is 16.7 Å². The number of likely N-dealkylation sites (N-methyl/N-ethyl adjacent to an activating group) is 2. The Bertz CT molecular complexity index is 559. The number of nitrogens with one attached hydrogen (secondary N) is 1. The van der Waals surface area contributed by atoms with E-state index in [2.05, 4.69) is 5.32 Å². The molecule has 0 spiro atoms. The molecule has 1 heterocycles. The molecule has 0 unspecified atom stereocenters. The molecule has 1 aliphatic rings. The fraction of sp³-hybridized carbons (Fsp3) is 0.357. The maximum Gasteiger partial charge on any atom is 0.259 e. The van der Waals surface area contributed by atoms with Crippen LogP contribution in [0.2, 0.25) is 0 Å². The van der Waals surface area contributed by atoms with Crippen LogP contribution in [0.15, 0.2) is 24.3 Å². The summed E-state index contributed by atoms with van der Waals surface area (Å²) in [5, 5.41) is 2.41. The quantitative estimate of drug-likeness (QED) is 0.715. The molecule has 7 heteroatoms. The number of carbonyl (C=O) groups is 3. The first kappa shape index (κ1) is 15.0. The van der Waals surface area contributed by atoms with Gasteiger partial charge in [0.25, 0.3) is 11.8 Å². The molecule has 1 aliphatic heterocycles. The van der Waals surface area contributed by atoms with Crippen LogP contribution < -0.4 is 20.9 Å². The molecular formula is C14H18N4O3. The van der Waals surface area contributed by atoms with E-state index in [0.717, 1.165) is 0 Å². The average molecular weight is 290 g/mol. The lowest BCUT2D eigenvalue weighted by molar-refractivity contribution is -0.134. The number of nitrogens with zero attached hydrogens (tertiary/aromatic N) is 2. The molecule has 0 saturated heterocycles. The zero-order valence-corrected chi connectivity index (χ0v) is 12.2. The Kier molecular flexibility index (Phi) is 3.95. The largest absolute Gasteiger partial charge is 0.335 e. The number of benzene rings is 1. The number of rotatable bonds is 2. The van der Waals surface area contributed by atoms with Crippen molar-refractivity contribution < 1.29 is 14.4 Å². The molecule has 1 atom stereocenters. The summed E-state index contributed by atoms with van der Waals surface area (Å²) in [7, 11) is 3.14. The first-order valence-electron chi connectivity index (χ1n) is 6.54. The van der Waals surface area contributed by atoms with E-state index in [-0.39, 0.29) is 0 Å². The molecular weight excluding hydrogens is 272 g/mol. The minimum atomic E-state index is -1.27. The molecule has 3 N–H and O–H groups in total. The van der Waals surface area contributed by atoms with Gasteiger partial charge in [0.1, 0.15) is 0 Å². The standard InChI is InChI=1S/C14H18N4O3/c1-8(15)12(19)16-11-13(20)17(2)9-6-4-5-7-10(9)18(3)14(11)21/h4-8,11H,15H2,1-3H3,(H,16,19)/t8-/m0/s1. The van der Waals surface area contributed by atoms with Gasteiger partial charge >= 0.3 is 0 Å². The second-order valence-electron chi connectivity index (χ2n) is 5.01. The Morgan fingerprint density at radius 3 is 1.95 bits per heavy atom. The van der Waals surface area contributed by atoms with Gasteiger partial charge in [0.05, 0.1) is 17.4 Å². The monoisotopic (exact) mass is 290 g/mol. The van der Waals surface area contributed by atoms with Crippen LogP contribution in [-0.4, -0.2) is 43.9 Å². The van der Waals surface area contributed by atoms with Crippen molar-refractivity contribution in [3.8, 4) is 0 Å². The fourth-order valence-electron chi connectivity index (χ4n) is 2.16. The molecule has 0 bridgehead atoms. The Hall–Kier alpha value is -2.41. The summed E-state index contributed by atoms with van der Waals surface area (Å²) >= 11 is 0. The second-order valence-corrected chi connectivity index (χ2v) is 5.01. The summed E-state index contributed by atoms with van der Waals surface area (Å²) in [6, 6.07) is 4.97. The number of hydrogen-bond acceptors (Lipinski definition) is 4. The Labute approximate surface area is 122 Å². The zero-order chi connectivity index (χ0) is 15.7. The normalized spacial score (nSPS) is 17.3. The Morgan fingerprint density at radius 2 is 1.57 bits per heavy atom. The summed E-state index contributed by atoms with van der Waals surface area (Å²) in [4.78, 5) is 39.3. The van der Waals surface area contributed by atoms with E-state index >= 15 is 0 Å². The summed E-state index contributed by atoms with van der Waals surface area (Å²) < 4.78 is 0.